The second-order valence-electron chi connectivity index (χ2n) is 5.16. The van der Waals surface area contributed by atoms with Crippen molar-refractivity contribution in [3.63, 3.8) is 0 Å². The van der Waals surface area contributed by atoms with Crippen molar-refractivity contribution < 1.29 is 14.3 Å². The zero-order valence-electron chi connectivity index (χ0n) is 12.7. The topological polar surface area (TPSA) is 43.4 Å². The molecule has 0 saturated heterocycles. The average Bonchev–Trinajstić information content (AvgIpc) is 2.49. The van der Waals surface area contributed by atoms with Crippen molar-refractivity contribution in [3.05, 3.63) is 69.8 Å². The summed E-state index contributed by atoms with van der Waals surface area (Å²) < 4.78 is 4.98. The Bertz CT molecular complexity index is 700. The van der Waals surface area contributed by atoms with E-state index in [4.69, 9.17) is 4.74 Å². The van der Waals surface area contributed by atoms with E-state index < -0.39 is 11.9 Å². The molecule has 3 nitrogen and oxygen atoms in total. The molecule has 0 heterocycles. The third-order valence-corrected chi connectivity index (χ3v) is 3.90. The summed E-state index contributed by atoms with van der Waals surface area (Å²) in [5, 5.41) is 0. The van der Waals surface area contributed by atoms with Crippen molar-refractivity contribution in [1.82, 2.24) is 0 Å². The smallest absolute Gasteiger partial charge is 0.346 e. The first-order chi connectivity index (χ1) is 9.91. The van der Waals surface area contributed by atoms with Crippen LogP contribution in [0.2, 0.25) is 0 Å². The van der Waals surface area contributed by atoms with Crippen LogP contribution in [0.25, 0.3) is 0 Å². The normalized spacial score (nSPS) is 10.3. The molecule has 21 heavy (non-hydrogen) atoms. The molecular formula is C18H18O3. The number of hydrogen-bond acceptors (Lipinski definition) is 3. The Morgan fingerprint density at radius 3 is 2.05 bits per heavy atom. The molecule has 0 aliphatic heterocycles. The van der Waals surface area contributed by atoms with Gasteiger partial charge >= 0.3 is 11.9 Å². The summed E-state index contributed by atoms with van der Waals surface area (Å²) in [5.41, 5.74) is 4.87. The molecule has 0 saturated carbocycles. The summed E-state index contributed by atoms with van der Waals surface area (Å²) in [6, 6.07) is 10.3. The highest BCUT2D eigenvalue weighted by Crippen LogP contribution is 2.22. The number of carbonyl (C=O) groups is 2. The van der Waals surface area contributed by atoms with E-state index in [2.05, 4.69) is 0 Å². The molecule has 0 fully saturated rings. The van der Waals surface area contributed by atoms with Gasteiger partial charge < -0.3 is 4.74 Å². The van der Waals surface area contributed by atoms with Gasteiger partial charge in [-0.3, -0.25) is 0 Å². The van der Waals surface area contributed by atoms with Crippen LogP contribution < -0.4 is 0 Å². The standard InChI is InChI=1S/C18H18O3/c1-11-10-16(14(4)13(3)12(11)2)18(20)21-17(19)15-8-6-5-7-9-15/h5-10H,1-4H3. The second-order valence-corrected chi connectivity index (χ2v) is 5.16. The van der Waals surface area contributed by atoms with E-state index in [9.17, 15) is 9.59 Å². The van der Waals surface area contributed by atoms with Gasteiger partial charge in [0.1, 0.15) is 0 Å². The van der Waals surface area contributed by atoms with Crippen LogP contribution in [0.4, 0.5) is 0 Å². The molecule has 3 heteroatoms. The van der Waals surface area contributed by atoms with E-state index in [0.717, 1.165) is 22.3 Å². The highest BCUT2D eigenvalue weighted by atomic mass is 16.6. The van der Waals surface area contributed by atoms with Crippen molar-refractivity contribution in [2.45, 2.75) is 27.7 Å². The van der Waals surface area contributed by atoms with Gasteiger partial charge in [-0.2, -0.15) is 0 Å². The number of hydrogen-bond donors (Lipinski definition) is 0. The van der Waals surface area contributed by atoms with Crippen LogP contribution in [0.5, 0.6) is 0 Å². The summed E-state index contributed by atoms with van der Waals surface area (Å²) in [4.78, 5) is 24.2. The van der Waals surface area contributed by atoms with Gasteiger partial charge in [-0.1, -0.05) is 18.2 Å². The van der Waals surface area contributed by atoms with Gasteiger partial charge in [-0.25, -0.2) is 9.59 Å². The lowest BCUT2D eigenvalue weighted by Gasteiger charge is -2.13. The maximum atomic E-state index is 12.2. The van der Waals surface area contributed by atoms with Crippen molar-refractivity contribution in [3.8, 4) is 0 Å². The van der Waals surface area contributed by atoms with Gasteiger partial charge in [0.05, 0.1) is 11.1 Å². The molecule has 0 atom stereocenters. The minimum Gasteiger partial charge on any atom is -0.386 e. The van der Waals surface area contributed by atoms with Gasteiger partial charge in [0.25, 0.3) is 0 Å². The number of ether oxygens (including phenoxy) is 1. The maximum Gasteiger partial charge on any atom is 0.346 e. The zero-order valence-corrected chi connectivity index (χ0v) is 12.7. The molecule has 0 unspecified atom stereocenters. The predicted octanol–water partition coefficient (Wildman–Crippen LogP) is 3.92. The minimum atomic E-state index is -0.629. The number of rotatable bonds is 2. The fourth-order valence-electron chi connectivity index (χ4n) is 2.20. The Balaban J connectivity index is 2.28. The quantitative estimate of drug-likeness (QED) is 0.619. The molecule has 0 bridgehead atoms. The summed E-state index contributed by atoms with van der Waals surface area (Å²) >= 11 is 0. The highest BCUT2D eigenvalue weighted by Gasteiger charge is 2.19. The molecular weight excluding hydrogens is 264 g/mol. The van der Waals surface area contributed by atoms with E-state index in [0.29, 0.717) is 11.1 Å². The minimum absolute atomic E-state index is 0.365. The average molecular weight is 282 g/mol. The van der Waals surface area contributed by atoms with E-state index in [-0.39, 0.29) is 0 Å². The summed E-state index contributed by atoms with van der Waals surface area (Å²) in [6.45, 7) is 7.79. The van der Waals surface area contributed by atoms with Crippen LogP contribution in [0.1, 0.15) is 43.0 Å². The Hall–Kier alpha value is -2.42. The summed E-state index contributed by atoms with van der Waals surface area (Å²) in [7, 11) is 0. The van der Waals surface area contributed by atoms with Crippen LogP contribution in [-0.4, -0.2) is 11.9 Å². The third kappa shape index (κ3) is 3.02. The largest absolute Gasteiger partial charge is 0.386 e. The van der Waals surface area contributed by atoms with Crippen LogP contribution in [0, 0.1) is 27.7 Å². The molecule has 2 aromatic rings. The number of esters is 2. The molecule has 0 aliphatic carbocycles. The SMILES string of the molecule is Cc1cc(C(=O)OC(=O)c2ccccc2)c(C)c(C)c1C. The number of carbonyl (C=O) groups excluding carboxylic acids is 2. The van der Waals surface area contributed by atoms with E-state index >= 15 is 0 Å². The third-order valence-electron chi connectivity index (χ3n) is 3.90. The van der Waals surface area contributed by atoms with Crippen molar-refractivity contribution in [2.75, 3.05) is 0 Å². The summed E-state index contributed by atoms with van der Waals surface area (Å²) in [5.74, 6) is -1.23. The van der Waals surface area contributed by atoms with Gasteiger partial charge in [0.15, 0.2) is 0 Å². The number of aryl methyl sites for hydroxylation is 1. The summed E-state index contributed by atoms with van der Waals surface area (Å²) in [6.07, 6.45) is 0. The van der Waals surface area contributed by atoms with E-state index in [1.165, 1.54) is 0 Å². The Morgan fingerprint density at radius 1 is 0.810 bits per heavy atom. The van der Waals surface area contributed by atoms with Crippen LogP contribution in [0.3, 0.4) is 0 Å². The Kier molecular flexibility index (Phi) is 4.22. The second kappa shape index (κ2) is 5.92. The lowest BCUT2D eigenvalue weighted by molar-refractivity contribution is 0.0397. The van der Waals surface area contributed by atoms with Gasteiger partial charge in [0.2, 0.25) is 0 Å². The van der Waals surface area contributed by atoms with Crippen molar-refractivity contribution in [2.24, 2.45) is 0 Å². The van der Waals surface area contributed by atoms with Crippen LogP contribution in [-0.2, 0) is 4.74 Å². The molecule has 0 aliphatic rings. The van der Waals surface area contributed by atoms with Crippen LogP contribution in [0.15, 0.2) is 36.4 Å². The molecule has 0 spiro atoms. The molecule has 0 N–H and O–H groups in total. The Morgan fingerprint density at radius 2 is 1.43 bits per heavy atom. The molecule has 2 aromatic carbocycles. The fourth-order valence-corrected chi connectivity index (χ4v) is 2.20. The predicted molar refractivity (Wildman–Crippen MR) is 81.6 cm³/mol. The first-order valence-corrected chi connectivity index (χ1v) is 6.80. The van der Waals surface area contributed by atoms with Crippen LogP contribution >= 0.6 is 0 Å². The van der Waals surface area contributed by atoms with E-state index in [1.807, 2.05) is 27.7 Å². The lowest BCUT2D eigenvalue weighted by atomic mass is 9.95. The lowest BCUT2D eigenvalue weighted by Crippen LogP contribution is -2.15. The molecule has 108 valence electrons. The maximum absolute atomic E-state index is 12.2. The molecule has 0 amide bonds. The molecule has 0 radical (unpaired) electrons. The Labute approximate surface area is 124 Å². The van der Waals surface area contributed by atoms with Gasteiger partial charge in [-0.15, -0.1) is 0 Å². The first kappa shape index (κ1) is 15.0. The molecule has 0 aromatic heterocycles. The highest BCUT2D eigenvalue weighted by molar-refractivity contribution is 6.03. The number of benzene rings is 2. The monoisotopic (exact) mass is 282 g/mol. The van der Waals surface area contributed by atoms with Gasteiger partial charge in [-0.05, 0) is 68.1 Å². The fraction of sp³-hybridized carbons (Fsp3) is 0.222. The zero-order chi connectivity index (χ0) is 15.6. The van der Waals surface area contributed by atoms with Gasteiger partial charge in [0, 0.05) is 0 Å². The van der Waals surface area contributed by atoms with E-state index in [1.54, 1.807) is 36.4 Å². The first-order valence-electron chi connectivity index (χ1n) is 6.80. The van der Waals surface area contributed by atoms with Crippen molar-refractivity contribution >= 4 is 11.9 Å². The van der Waals surface area contributed by atoms with Crippen molar-refractivity contribution in [1.29, 1.82) is 0 Å². The molecule has 2 rings (SSSR count).